The summed E-state index contributed by atoms with van der Waals surface area (Å²) in [6.07, 6.45) is 0.671. The topological polar surface area (TPSA) is 92.3 Å². The van der Waals surface area contributed by atoms with Gasteiger partial charge in [-0.25, -0.2) is 14.5 Å². The molecule has 3 rings (SSSR count). The van der Waals surface area contributed by atoms with Crippen LogP contribution in [0, 0.1) is 5.92 Å². The number of rotatable bonds is 5. The third-order valence-corrected chi connectivity index (χ3v) is 4.08. The molecule has 1 aliphatic carbocycles. The lowest BCUT2D eigenvalue weighted by Crippen LogP contribution is -2.33. The highest BCUT2D eigenvalue weighted by Crippen LogP contribution is 2.52. The fourth-order valence-corrected chi connectivity index (χ4v) is 2.84. The minimum absolute atomic E-state index is 0.132. The molecule has 118 valence electrons. The standard InChI is InChI=1S/C15H20N4O3/c1-4-21-13-10-6-7-11(16)17-12(10)19(18-13)15(8-9(15)3)14(20)22-5-2/h6-7,9H,4-5,8H2,1-3H3,(H2,16,17)/t9-,15-/m0/s1. The molecular weight excluding hydrogens is 284 g/mol. The maximum atomic E-state index is 12.5. The first-order valence-corrected chi connectivity index (χ1v) is 7.50. The van der Waals surface area contributed by atoms with Crippen LogP contribution in [-0.2, 0) is 15.1 Å². The second-order valence-electron chi connectivity index (χ2n) is 5.51. The summed E-state index contributed by atoms with van der Waals surface area (Å²) in [5.41, 5.74) is 5.56. The number of hydrogen-bond acceptors (Lipinski definition) is 6. The second-order valence-corrected chi connectivity index (χ2v) is 5.51. The van der Waals surface area contributed by atoms with Crippen molar-refractivity contribution < 1.29 is 14.3 Å². The van der Waals surface area contributed by atoms with Gasteiger partial charge in [-0.1, -0.05) is 6.92 Å². The molecule has 2 heterocycles. The van der Waals surface area contributed by atoms with Crippen LogP contribution in [0.4, 0.5) is 5.82 Å². The maximum Gasteiger partial charge on any atom is 0.334 e. The van der Waals surface area contributed by atoms with Crippen LogP contribution in [0.2, 0.25) is 0 Å². The molecule has 1 saturated carbocycles. The number of ether oxygens (including phenoxy) is 2. The Bertz CT molecular complexity index is 727. The van der Waals surface area contributed by atoms with Gasteiger partial charge in [-0.2, -0.15) is 0 Å². The number of nitrogens with two attached hydrogens (primary N) is 1. The predicted molar refractivity (Wildman–Crippen MR) is 81.5 cm³/mol. The smallest absolute Gasteiger partial charge is 0.334 e. The van der Waals surface area contributed by atoms with Crippen molar-refractivity contribution in [3.8, 4) is 5.88 Å². The van der Waals surface area contributed by atoms with E-state index in [1.165, 1.54) is 0 Å². The Morgan fingerprint density at radius 3 is 2.77 bits per heavy atom. The molecule has 7 heteroatoms. The normalized spacial score (nSPS) is 23.5. The van der Waals surface area contributed by atoms with Crippen LogP contribution in [0.15, 0.2) is 12.1 Å². The molecule has 1 fully saturated rings. The van der Waals surface area contributed by atoms with Crippen molar-refractivity contribution in [3.05, 3.63) is 12.1 Å². The monoisotopic (exact) mass is 304 g/mol. The van der Waals surface area contributed by atoms with Crippen LogP contribution in [0.25, 0.3) is 11.0 Å². The SMILES string of the molecule is CCOC(=O)[C@]1(n2nc(OCC)c3ccc(N)nc32)C[C@@H]1C. The Hall–Kier alpha value is -2.31. The van der Waals surface area contributed by atoms with E-state index in [0.29, 0.717) is 37.0 Å². The average molecular weight is 304 g/mol. The van der Waals surface area contributed by atoms with Gasteiger partial charge in [0.05, 0.1) is 18.6 Å². The highest BCUT2D eigenvalue weighted by Gasteiger charge is 2.62. The zero-order valence-corrected chi connectivity index (χ0v) is 13.0. The van der Waals surface area contributed by atoms with E-state index in [-0.39, 0.29) is 11.9 Å². The van der Waals surface area contributed by atoms with E-state index >= 15 is 0 Å². The third kappa shape index (κ3) is 2.00. The number of anilines is 1. The number of carbonyl (C=O) groups excluding carboxylic acids is 1. The third-order valence-electron chi connectivity index (χ3n) is 4.08. The predicted octanol–water partition coefficient (Wildman–Crippen LogP) is 1.71. The Kier molecular flexibility index (Phi) is 3.42. The lowest BCUT2D eigenvalue weighted by Gasteiger charge is -2.16. The molecule has 7 nitrogen and oxygen atoms in total. The lowest BCUT2D eigenvalue weighted by molar-refractivity contribution is -0.149. The summed E-state index contributed by atoms with van der Waals surface area (Å²) in [6.45, 7) is 6.49. The average Bonchev–Trinajstić information content (AvgIpc) is 3.04. The molecule has 2 aromatic rings. The summed E-state index contributed by atoms with van der Waals surface area (Å²) in [7, 11) is 0. The number of pyridine rings is 1. The highest BCUT2D eigenvalue weighted by atomic mass is 16.5. The van der Waals surface area contributed by atoms with Crippen LogP contribution in [0.5, 0.6) is 5.88 Å². The number of nitrogen functional groups attached to an aromatic ring is 1. The molecule has 0 amide bonds. The fraction of sp³-hybridized carbons (Fsp3) is 0.533. The van der Waals surface area contributed by atoms with Crippen LogP contribution < -0.4 is 10.5 Å². The summed E-state index contributed by atoms with van der Waals surface area (Å²) >= 11 is 0. The summed E-state index contributed by atoms with van der Waals surface area (Å²) < 4.78 is 12.4. The number of aromatic nitrogens is 3. The van der Waals surface area contributed by atoms with E-state index in [1.807, 2.05) is 19.9 Å². The van der Waals surface area contributed by atoms with E-state index in [9.17, 15) is 4.79 Å². The van der Waals surface area contributed by atoms with Gasteiger partial charge in [-0.15, -0.1) is 5.10 Å². The van der Waals surface area contributed by atoms with Crippen molar-refractivity contribution in [1.29, 1.82) is 0 Å². The Balaban J connectivity index is 2.17. The zero-order valence-electron chi connectivity index (χ0n) is 13.0. The number of hydrogen-bond donors (Lipinski definition) is 1. The van der Waals surface area contributed by atoms with Gasteiger partial charge in [0.1, 0.15) is 5.82 Å². The molecule has 0 aliphatic heterocycles. The molecule has 2 N–H and O–H groups in total. The van der Waals surface area contributed by atoms with Crippen LogP contribution in [0.1, 0.15) is 27.2 Å². The lowest BCUT2D eigenvalue weighted by atomic mass is 10.2. The number of nitrogens with zero attached hydrogens (tertiary/aromatic N) is 3. The fourth-order valence-electron chi connectivity index (χ4n) is 2.84. The highest BCUT2D eigenvalue weighted by molar-refractivity contribution is 5.88. The zero-order chi connectivity index (χ0) is 15.9. The Morgan fingerprint density at radius 2 is 2.18 bits per heavy atom. The molecule has 0 bridgehead atoms. The van der Waals surface area contributed by atoms with Crippen molar-refractivity contribution >= 4 is 22.8 Å². The summed E-state index contributed by atoms with van der Waals surface area (Å²) in [5.74, 6) is 0.698. The van der Waals surface area contributed by atoms with Gasteiger partial charge in [0.25, 0.3) is 0 Å². The van der Waals surface area contributed by atoms with Crippen molar-refractivity contribution in [2.45, 2.75) is 32.7 Å². The van der Waals surface area contributed by atoms with E-state index in [4.69, 9.17) is 15.2 Å². The molecule has 1 aliphatic rings. The summed E-state index contributed by atoms with van der Waals surface area (Å²) in [5, 5.41) is 5.23. The molecule has 0 saturated heterocycles. The van der Waals surface area contributed by atoms with Gasteiger partial charge in [0.15, 0.2) is 11.2 Å². The van der Waals surface area contributed by atoms with E-state index in [0.717, 1.165) is 5.39 Å². The minimum atomic E-state index is -0.801. The second kappa shape index (κ2) is 5.15. The summed E-state index contributed by atoms with van der Waals surface area (Å²) in [4.78, 5) is 16.8. The number of fused-ring (bicyclic) bond motifs is 1. The van der Waals surface area contributed by atoms with E-state index in [2.05, 4.69) is 10.1 Å². The molecule has 0 radical (unpaired) electrons. The summed E-state index contributed by atoms with van der Waals surface area (Å²) in [6, 6.07) is 3.52. The van der Waals surface area contributed by atoms with Crippen LogP contribution in [-0.4, -0.2) is 33.9 Å². The van der Waals surface area contributed by atoms with Gasteiger partial charge in [0, 0.05) is 0 Å². The first-order valence-electron chi connectivity index (χ1n) is 7.50. The first-order chi connectivity index (χ1) is 10.5. The van der Waals surface area contributed by atoms with Gasteiger partial charge in [0.2, 0.25) is 5.88 Å². The van der Waals surface area contributed by atoms with Gasteiger partial charge in [-0.05, 0) is 38.3 Å². The molecule has 22 heavy (non-hydrogen) atoms. The first kappa shape index (κ1) is 14.6. The molecule has 0 spiro atoms. The number of esters is 1. The number of carbonyl (C=O) groups is 1. The van der Waals surface area contributed by atoms with Crippen LogP contribution in [0.3, 0.4) is 0 Å². The molecule has 2 aromatic heterocycles. The molecular formula is C15H20N4O3. The molecule has 0 aromatic carbocycles. The Labute approximate surface area is 128 Å². The molecule has 2 atom stereocenters. The van der Waals surface area contributed by atoms with Crippen molar-refractivity contribution in [2.75, 3.05) is 18.9 Å². The Morgan fingerprint density at radius 1 is 1.45 bits per heavy atom. The molecule has 0 unspecified atom stereocenters. The van der Waals surface area contributed by atoms with Gasteiger partial charge >= 0.3 is 5.97 Å². The minimum Gasteiger partial charge on any atom is -0.476 e. The van der Waals surface area contributed by atoms with E-state index < -0.39 is 5.54 Å². The van der Waals surface area contributed by atoms with Crippen molar-refractivity contribution in [1.82, 2.24) is 14.8 Å². The largest absolute Gasteiger partial charge is 0.476 e. The maximum absolute atomic E-state index is 12.5. The van der Waals surface area contributed by atoms with Gasteiger partial charge < -0.3 is 15.2 Å². The van der Waals surface area contributed by atoms with Crippen LogP contribution >= 0.6 is 0 Å². The van der Waals surface area contributed by atoms with Crippen molar-refractivity contribution in [2.24, 2.45) is 5.92 Å². The van der Waals surface area contributed by atoms with Crippen molar-refractivity contribution in [3.63, 3.8) is 0 Å². The van der Waals surface area contributed by atoms with Gasteiger partial charge in [-0.3, -0.25) is 0 Å². The van der Waals surface area contributed by atoms with E-state index in [1.54, 1.807) is 17.7 Å². The quantitative estimate of drug-likeness (QED) is 0.845.